The van der Waals surface area contributed by atoms with Crippen molar-refractivity contribution in [3.05, 3.63) is 106 Å². The Morgan fingerprint density at radius 3 is 2.44 bits per heavy atom. The predicted molar refractivity (Wildman–Crippen MR) is 173 cm³/mol. The third-order valence-electron chi connectivity index (χ3n) is 6.75. The van der Waals surface area contributed by atoms with E-state index >= 15 is 0 Å². The fourth-order valence-corrected chi connectivity index (χ4v) is 6.50. The Bertz CT molecular complexity index is 1900. The lowest BCUT2D eigenvalue weighted by molar-refractivity contribution is -0.138. The van der Waals surface area contributed by atoms with E-state index in [0.717, 1.165) is 0 Å². The van der Waals surface area contributed by atoms with Crippen molar-refractivity contribution in [2.75, 3.05) is 27.4 Å². The number of thiazole rings is 1. The summed E-state index contributed by atoms with van der Waals surface area (Å²) in [6.45, 7) is 4.09. The molecule has 0 amide bonds. The molecule has 0 unspecified atom stereocenters. The van der Waals surface area contributed by atoms with E-state index in [2.05, 4.69) is 0 Å². The number of halogens is 1. The number of benzene rings is 3. The van der Waals surface area contributed by atoms with E-state index in [0.29, 0.717) is 59.1 Å². The Kier molecular flexibility index (Phi) is 9.21. The first-order chi connectivity index (χ1) is 20.8. The largest absolute Gasteiger partial charge is 0.504 e. The molecule has 222 valence electrons. The molecule has 5 rings (SSSR count). The number of nitrogens with zero attached hydrogens (tertiary/aromatic N) is 2. The summed E-state index contributed by atoms with van der Waals surface area (Å²) in [6, 6.07) is 17.2. The van der Waals surface area contributed by atoms with Crippen molar-refractivity contribution in [3.8, 4) is 23.0 Å². The van der Waals surface area contributed by atoms with Crippen LogP contribution in [0.1, 0.15) is 36.6 Å². The van der Waals surface area contributed by atoms with Crippen LogP contribution in [0, 0.1) is 3.57 Å². The number of hydrogen-bond donors (Lipinski definition) is 1. The number of esters is 1. The molecule has 0 bridgehead atoms. The van der Waals surface area contributed by atoms with Gasteiger partial charge in [0.15, 0.2) is 27.8 Å². The number of rotatable bonds is 9. The number of carbonyl (C=O) groups is 1. The van der Waals surface area contributed by atoms with Gasteiger partial charge in [-0.2, -0.15) is 0 Å². The van der Waals surface area contributed by atoms with Gasteiger partial charge in [0, 0.05) is 5.56 Å². The fraction of sp³-hybridized carbons (Fsp3) is 0.219. The maximum Gasteiger partial charge on any atom is 0.338 e. The normalized spacial score (nSPS) is 14.6. The summed E-state index contributed by atoms with van der Waals surface area (Å²) < 4.78 is 24.6. The maximum absolute atomic E-state index is 14.2. The summed E-state index contributed by atoms with van der Waals surface area (Å²) in [5, 5.41) is 10.4. The Morgan fingerprint density at radius 2 is 1.77 bits per heavy atom. The number of phenols is 1. The zero-order valence-corrected chi connectivity index (χ0v) is 26.9. The van der Waals surface area contributed by atoms with Gasteiger partial charge >= 0.3 is 5.97 Å². The lowest BCUT2D eigenvalue weighted by Crippen LogP contribution is -2.40. The van der Waals surface area contributed by atoms with Crippen molar-refractivity contribution < 1.29 is 28.8 Å². The molecule has 1 N–H and O–H groups in total. The molecule has 9 nitrogen and oxygen atoms in total. The van der Waals surface area contributed by atoms with E-state index in [4.69, 9.17) is 23.9 Å². The highest BCUT2D eigenvalue weighted by molar-refractivity contribution is 14.1. The van der Waals surface area contributed by atoms with Crippen molar-refractivity contribution >= 4 is 51.7 Å². The van der Waals surface area contributed by atoms with Gasteiger partial charge in [-0.25, -0.2) is 9.79 Å². The molecular weight excluding hydrogens is 683 g/mol. The third kappa shape index (κ3) is 5.91. The number of aromatic nitrogens is 1. The van der Waals surface area contributed by atoms with Gasteiger partial charge in [-0.05, 0) is 77.9 Å². The molecule has 3 aromatic carbocycles. The highest BCUT2D eigenvalue weighted by atomic mass is 127. The van der Waals surface area contributed by atoms with Gasteiger partial charge in [-0.15, -0.1) is 0 Å². The zero-order chi connectivity index (χ0) is 30.7. The van der Waals surface area contributed by atoms with Crippen LogP contribution in [0.4, 0.5) is 0 Å². The summed E-state index contributed by atoms with van der Waals surface area (Å²) in [4.78, 5) is 33.1. The van der Waals surface area contributed by atoms with Crippen molar-refractivity contribution in [2.45, 2.75) is 19.9 Å². The molecule has 1 aliphatic heterocycles. The van der Waals surface area contributed by atoms with Gasteiger partial charge in [-0.3, -0.25) is 9.36 Å². The van der Waals surface area contributed by atoms with Gasteiger partial charge in [0.25, 0.3) is 5.56 Å². The molecule has 0 radical (unpaired) electrons. The van der Waals surface area contributed by atoms with Gasteiger partial charge in [-0.1, -0.05) is 47.7 Å². The molecule has 11 heteroatoms. The fourth-order valence-electron chi connectivity index (χ4n) is 4.87. The van der Waals surface area contributed by atoms with Crippen LogP contribution in [0.5, 0.6) is 23.0 Å². The van der Waals surface area contributed by atoms with Crippen LogP contribution in [0.15, 0.2) is 76.0 Å². The minimum atomic E-state index is -0.869. The average molecular weight is 713 g/mol. The number of phenolic OH excluding ortho intramolecular Hbond substituents is 1. The second-order valence-electron chi connectivity index (χ2n) is 9.33. The van der Waals surface area contributed by atoms with Gasteiger partial charge in [0.1, 0.15) is 0 Å². The van der Waals surface area contributed by atoms with Crippen molar-refractivity contribution in [1.29, 1.82) is 0 Å². The van der Waals surface area contributed by atoms with Gasteiger partial charge in [0.05, 0.1) is 52.8 Å². The van der Waals surface area contributed by atoms with E-state index in [1.807, 2.05) is 59.8 Å². The van der Waals surface area contributed by atoms with Gasteiger partial charge < -0.3 is 24.1 Å². The van der Waals surface area contributed by atoms with E-state index in [-0.39, 0.29) is 23.5 Å². The van der Waals surface area contributed by atoms with Crippen LogP contribution >= 0.6 is 33.9 Å². The van der Waals surface area contributed by atoms with Crippen LogP contribution < -0.4 is 29.1 Å². The van der Waals surface area contributed by atoms with E-state index in [1.54, 1.807) is 50.4 Å². The van der Waals surface area contributed by atoms with Crippen molar-refractivity contribution in [2.24, 2.45) is 4.99 Å². The van der Waals surface area contributed by atoms with Crippen molar-refractivity contribution in [3.63, 3.8) is 0 Å². The summed E-state index contributed by atoms with van der Waals surface area (Å²) in [6.07, 6.45) is 1.73. The molecule has 1 atom stereocenters. The molecule has 0 aliphatic carbocycles. The summed E-state index contributed by atoms with van der Waals surface area (Å²) >= 11 is 3.23. The van der Waals surface area contributed by atoms with Gasteiger partial charge in [0.2, 0.25) is 0 Å². The molecule has 0 saturated heterocycles. The summed E-state index contributed by atoms with van der Waals surface area (Å²) in [5.74, 6) is 0.753. The standard InChI is InChI=1S/C32H29IN2O7S/c1-5-41-24-15-18(14-21(33)29(24)36)16-25-30(37)35-28(20-12-13-22(39-3)23(17-20)40-4)26(31(38)42-6-2)27(34-32(35)43-25)19-10-8-7-9-11-19/h7-17,28,36H,5-6H2,1-4H3/b25-16-/t28-/m1/s1. The van der Waals surface area contributed by atoms with Crippen LogP contribution in [-0.2, 0) is 9.53 Å². The third-order valence-corrected chi connectivity index (χ3v) is 8.55. The van der Waals surface area contributed by atoms with E-state index < -0.39 is 12.0 Å². The van der Waals surface area contributed by atoms with Crippen molar-refractivity contribution in [1.82, 2.24) is 4.57 Å². The van der Waals surface area contributed by atoms with Crippen LogP contribution in [0.25, 0.3) is 11.8 Å². The molecule has 2 heterocycles. The number of aromatic hydroxyl groups is 1. The highest BCUT2D eigenvalue weighted by Gasteiger charge is 2.35. The second kappa shape index (κ2) is 13.0. The Balaban J connectivity index is 1.82. The molecule has 4 aromatic rings. The minimum absolute atomic E-state index is 0.0427. The molecule has 1 aliphatic rings. The van der Waals surface area contributed by atoms with Crippen LogP contribution in [-0.4, -0.2) is 43.1 Å². The first kappa shape index (κ1) is 30.4. The first-order valence-corrected chi connectivity index (χ1v) is 15.4. The maximum atomic E-state index is 14.2. The zero-order valence-electron chi connectivity index (χ0n) is 23.9. The predicted octanol–water partition coefficient (Wildman–Crippen LogP) is 4.66. The molecule has 43 heavy (non-hydrogen) atoms. The smallest absolute Gasteiger partial charge is 0.338 e. The van der Waals surface area contributed by atoms with Crippen LogP contribution in [0.2, 0.25) is 0 Å². The number of carbonyl (C=O) groups excluding carboxylic acids is 1. The number of methoxy groups -OCH3 is 2. The minimum Gasteiger partial charge on any atom is -0.504 e. The average Bonchev–Trinajstić information content (AvgIpc) is 3.33. The highest BCUT2D eigenvalue weighted by Crippen LogP contribution is 2.38. The first-order valence-electron chi connectivity index (χ1n) is 13.5. The van der Waals surface area contributed by atoms with E-state index in [9.17, 15) is 14.7 Å². The Labute approximate surface area is 265 Å². The number of ether oxygens (including phenoxy) is 4. The second-order valence-corrected chi connectivity index (χ2v) is 11.5. The lowest BCUT2D eigenvalue weighted by Gasteiger charge is -2.26. The molecule has 0 spiro atoms. The van der Waals surface area contributed by atoms with E-state index in [1.165, 1.54) is 23.0 Å². The Morgan fingerprint density at radius 1 is 1.02 bits per heavy atom. The lowest BCUT2D eigenvalue weighted by atomic mass is 9.93. The molecule has 0 fully saturated rings. The summed E-state index contributed by atoms with van der Waals surface area (Å²) in [7, 11) is 3.07. The quantitative estimate of drug-likeness (QED) is 0.199. The molecule has 0 saturated carbocycles. The number of hydrogen-bond acceptors (Lipinski definition) is 9. The topological polar surface area (TPSA) is 109 Å². The monoisotopic (exact) mass is 712 g/mol. The molecular formula is C32H29IN2O7S. The summed E-state index contributed by atoms with van der Waals surface area (Å²) in [5.41, 5.74) is 2.32. The SMILES string of the molecule is CCOC(=O)C1=C(c2ccccc2)N=c2s/c(=C\c3cc(I)c(O)c(OCC)c3)c(=O)n2[C@@H]1c1ccc(OC)c(OC)c1. The number of fused-ring (bicyclic) bond motifs is 1. The van der Waals surface area contributed by atoms with Crippen LogP contribution in [0.3, 0.4) is 0 Å². The molecule has 1 aromatic heterocycles. The Hall–Kier alpha value is -4.10.